The first-order valence-electron chi connectivity index (χ1n) is 4.24. The van der Waals surface area contributed by atoms with E-state index in [4.69, 9.17) is 11.6 Å². The van der Waals surface area contributed by atoms with Crippen molar-refractivity contribution in [3.05, 3.63) is 53.3 Å². The Labute approximate surface area is 90.3 Å². The van der Waals surface area contributed by atoms with E-state index >= 15 is 0 Å². The summed E-state index contributed by atoms with van der Waals surface area (Å²) < 4.78 is 26.4. The third kappa shape index (κ3) is 1.83. The second-order valence-corrected chi connectivity index (χ2v) is 3.34. The fourth-order valence-electron chi connectivity index (χ4n) is 1.27. The van der Waals surface area contributed by atoms with Crippen LogP contribution in [0, 0.1) is 11.6 Å². The Morgan fingerprint density at radius 3 is 2.60 bits per heavy atom. The molecular weight excluding hydrogens is 220 g/mol. The van der Waals surface area contributed by atoms with E-state index in [0.29, 0.717) is 5.56 Å². The second kappa shape index (κ2) is 3.95. The van der Waals surface area contributed by atoms with Gasteiger partial charge in [0.1, 0.15) is 10.8 Å². The van der Waals surface area contributed by atoms with Crippen LogP contribution in [-0.4, -0.2) is 4.98 Å². The lowest BCUT2D eigenvalue weighted by Crippen LogP contribution is -1.89. The molecule has 0 unspecified atom stereocenters. The lowest BCUT2D eigenvalue weighted by atomic mass is 10.1. The van der Waals surface area contributed by atoms with Gasteiger partial charge in [-0.1, -0.05) is 17.7 Å². The Hall–Kier alpha value is -1.48. The Kier molecular flexibility index (Phi) is 2.64. The first-order chi connectivity index (χ1) is 7.20. The minimum absolute atomic E-state index is 0.245. The zero-order valence-corrected chi connectivity index (χ0v) is 8.30. The van der Waals surface area contributed by atoms with Crippen LogP contribution in [0.3, 0.4) is 0 Å². The molecule has 0 fully saturated rings. The normalized spacial score (nSPS) is 10.3. The highest BCUT2D eigenvalue weighted by Crippen LogP contribution is 2.28. The molecule has 0 aliphatic heterocycles. The Balaban J connectivity index is 2.60. The third-order valence-corrected chi connectivity index (χ3v) is 2.35. The minimum atomic E-state index is -0.762. The number of benzene rings is 1. The SMILES string of the molecule is Fc1ccc(-c2cccnc2)c(F)c1Cl. The number of rotatable bonds is 1. The van der Waals surface area contributed by atoms with Crippen molar-refractivity contribution < 1.29 is 8.78 Å². The first kappa shape index (κ1) is 10.1. The summed E-state index contributed by atoms with van der Waals surface area (Å²) in [5.74, 6) is -1.52. The topological polar surface area (TPSA) is 12.9 Å². The maximum atomic E-state index is 13.5. The quantitative estimate of drug-likeness (QED) is 0.675. The molecule has 2 rings (SSSR count). The molecule has 0 atom stereocenters. The van der Waals surface area contributed by atoms with Crippen molar-refractivity contribution in [2.45, 2.75) is 0 Å². The minimum Gasteiger partial charge on any atom is -0.264 e. The summed E-state index contributed by atoms with van der Waals surface area (Å²) >= 11 is 5.46. The molecule has 76 valence electrons. The van der Waals surface area contributed by atoms with Gasteiger partial charge in [0.25, 0.3) is 0 Å². The smallest absolute Gasteiger partial charge is 0.152 e. The van der Waals surface area contributed by atoms with E-state index < -0.39 is 16.7 Å². The number of pyridine rings is 1. The van der Waals surface area contributed by atoms with Crippen molar-refractivity contribution in [2.24, 2.45) is 0 Å². The van der Waals surface area contributed by atoms with Gasteiger partial charge in [-0.2, -0.15) is 0 Å². The Morgan fingerprint density at radius 2 is 1.93 bits per heavy atom. The van der Waals surface area contributed by atoms with Gasteiger partial charge in [-0.3, -0.25) is 4.98 Å². The van der Waals surface area contributed by atoms with Crippen molar-refractivity contribution in [1.29, 1.82) is 0 Å². The van der Waals surface area contributed by atoms with E-state index in [1.807, 2.05) is 0 Å². The van der Waals surface area contributed by atoms with Crippen molar-refractivity contribution in [3.8, 4) is 11.1 Å². The molecule has 0 spiro atoms. The summed E-state index contributed by atoms with van der Waals surface area (Å²) in [5.41, 5.74) is 0.811. The van der Waals surface area contributed by atoms with Crippen molar-refractivity contribution in [2.75, 3.05) is 0 Å². The highest BCUT2D eigenvalue weighted by atomic mass is 35.5. The van der Waals surface area contributed by atoms with E-state index in [1.165, 1.54) is 12.3 Å². The Morgan fingerprint density at radius 1 is 1.13 bits per heavy atom. The zero-order chi connectivity index (χ0) is 10.8. The van der Waals surface area contributed by atoms with E-state index in [-0.39, 0.29) is 5.56 Å². The van der Waals surface area contributed by atoms with E-state index in [0.717, 1.165) is 6.07 Å². The molecule has 0 saturated heterocycles. The van der Waals surface area contributed by atoms with Crippen LogP contribution in [0.2, 0.25) is 5.02 Å². The van der Waals surface area contributed by atoms with Gasteiger partial charge in [0, 0.05) is 23.5 Å². The number of hydrogen-bond acceptors (Lipinski definition) is 1. The number of halogens is 3. The fourth-order valence-corrected chi connectivity index (χ4v) is 1.44. The van der Waals surface area contributed by atoms with Crippen LogP contribution in [0.4, 0.5) is 8.78 Å². The predicted molar refractivity (Wildman–Crippen MR) is 54.6 cm³/mol. The molecule has 0 saturated carbocycles. The molecule has 4 heteroatoms. The largest absolute Gasteiger partial charge is 0.264 e. The van der Waals surface area contributed by atoms with E-state index in [9.17, 15) is 8.78 Å². The van der Waals surface area contributed by atoms with Crippen LogP contribution in [0.1, 0.15) is 0 Å². The van der Waals surface area contributed by atoms with E-state index in [2.05, 4.69) is 4.98 Å². The van der Waals surface area contributed by atoms with Crippen LogP contribution in [0.15, 0.2) is 36.7 Å². The number of hydrogen-bond donors (Lipinski definition) is 0. The molecule has 1 aromatic heterocycles. The van der Waals surface area contributed by atoms with Gasteiger partial charge in [0.15, 0.2) is 5.82 Å². The van der Waals surface area contributed by atoms with Crippen LogP contribution in [-0.2, 0) is 0 Å². The van der Waals surface area contributed by atoms with Crippen LogP contribution in [0.25, 0.3) is 11.1 Å². The molecular formula is C11H6ClF2N. The molecule has 0 aliphatic rings. The van der Waals surface area contributed by atoms with Gasteiger partial charge in [0.2, 0.25) is 0 Å². The first-order valence-corrected chi connectivity index (χ1v) is 4.62. The van der Waals surface area contributed by atoms with Gasteiger partial charge in [-0.05, 0) is 18.2 Å². The monoisotopic (exact) mass is 225 g/mol. The summed E-state index contributed by atoms with van der Waals surface area (Å²) in [6.45, 7) is 0. The van der Waals surface area contributed by atoms with Gasteiger partial charge in [0.05, 0.1) is 0 Å². The molecule has 0 N–H and O–H groups in total. The van der Waals surface area contributed by atoms with Gasteiger partial charge in [-0.15, -0.1) is 0 Å². The molecule has 1 aromatic carbocycles. The second-order valence-electron chi connectivity index (χ2n) is 2.96. The lowest BCUT2D eigenvalue weighted by Gasteiger charge is -2.04. The van der Waals surface area contributed by atoms with Crippen molar-refractivity contribution >= 4 is 11.6 Å². The van der Waals surface area contributed by atoms with E-state index in [1.54, 1.807) is 18.3 Å². The number of aromatic nitrogens is 1. The summed E-state index contributed by atoms with van der Waals surface area (Å²) in [6.07, 6.45) is 3.07. The average molecular weight is 226 g/mol. The van der Waals surface area contributed by atoms with Crippen molar-refractivity contribution in [3.63, 3.8) is 0 Å². The molecule has 0 aliphatic carbocycles. The third-order valence-electron chi connectivity index (χ3n) is 2.01. The number of nitrogens with zero attached hydrogens (tertiary/aromatic N) is 1. The Bertz CT molecular complexity index is 485. The lowest BCUT2D eigenvalue weighted by molar-refractivity contribution is 0.586. The highest BCUT2D eigenvalue weighted by molar-refractivity contribution is 6.31. The summed E-state index contributed by atoms with van der Waals surface area (Å²) in [5, 5.41) is -0.489. The summed E-state index contributed by atoms with van der Waals surface area (Å²) in [4.78, 5) is 3.85. The maximum absolute atomic E-state index is 13.5. The molecule has 15 heavy (non-hydrogen) atoms. The van der Waals surface area contributed by atoms with Gasteiger partial charge < -0.3 is 0 Å². The summed E-state index contributed by atoms with van der Waals surface area (Å²) in [7, 11) is 0. The van der Waals surface area contributed by atoms with Crippen molar-refractivity contribution in [1.82, 2.24) is 4.98 Å². The predicted octanol–water partition coefficient (Wildman–Crippen LogP) is 3.68. The van der Waals surface area contributed by atoms with Crippen LogP contribution >= 0.6 is 11.6 Å². The highest BCUT2D eigenvalue weighted by Gasteiger charge is 2.12. The summed E-state index contributed by atoms with van der Waals surface area (Å²) in [6, 6.07) is 5.83. The molecule has 1 nitrogen and oxygen atoms in total. The van der Waals surface area contributed by atoms with Crippen LogP contribution in [0.5, 0.6) is 0 Å². The standard InChI is InChI=1S/C11H6ClF2N/c12-10-9(13)4-3-8(11(10)14)7-2-1-5-15-6-7/h1-6H. The van der Waals surface area contributed by atoms with Gasteiger partial charge in [-0.25, -0.2) is 8.78 Å². The molecule has 1 heterocycles. The molecule has 0 bridgehead atoms. The maximum Gasteiger partial charge on any atom is 0.152 e. The van der Waals surface area contributed by atoms with Crippen LogP contribution < -0.4 is 0 Å². The molecule has 0 radical (unpaired) electrons. The molecule has 0 amide bonds. The van der Waals surface area contributed by atoms with Gasteiger partial charge >= 0.3 is 0 Å². The molecule has 2 aromatic rings. The zero-order valence-electron chi connectivity index (χ0n) is 7.55. The average Bonchev–Trinajstić information content (AvgIpc) is 2.27. The fraction of sp³-hybridized carbons (Fsp3) is 0.